The summed E-state index contributed by atoms with van der Waals surface area (Å²) in [4.78, 5) is 13.9. The molecular formula is C21H21FN2O3. The second-order valence-electron chi connectivity index (χ2n) is 6.68. The van der Waals surface area contributed by atoms with Gasteiger partial charge >= 0.3 is 6.09 Å². The number of amides is 1. The Labute approximate surface area is 157 Å². The van der Waals surface area contributed by atoms with Gasteiger partial charge in [0.15, 0.2) is 0 Å². The third kappa shape index (κ3) is 4.63. The van der Waals surface area contributed by atoms with Crippen LogP contribution in [0.2, 0.25) is 0 Å². The van der Waals surface area contributed by atoms with E-state index in [4.69, 9.17) is 10.00 Å². The molecule has 1 saturated heterocycles. The van der Waals surface area contributed by atoms with Gasteiger partial charge in [-0.25, -0.2) is 9.18 Å². The summed E-state index contributed by atoms with van der Waals surface area (Å²) >= 11 is 0. The summed E-state index contributed by atoms with van der Waals surface area (Å²) in [6, 6.07) is 15.3. The zero-order chi connectivity index (χ0) is 19.2. The lowest BCUT2D eigenvalue weighted by atomic mass is 9.88. The number of halogens is 1. The first kappa shape index (κ1) is 18.9. The molecule has 1 aliphatic rings. The minimum atomic E-state index is -0.873. The van der Waals surface area contributed by atoms with Crippen LogP contribution in [-0.2, 0) is 11.3 Å². The Balaban J connectivity index is 1.61. The van der Waals surface area contributed by atoms with E-state index in [0.29, 0.717) is 18.7 Å². The maximum Gasteiger partial charge on any atom is 0.410 e. The molecule has 2 atom stereocenters. The van der Waals surface area contributed by atoms with E-state index in [1.165, 1.54) is 18.2 Å². The number of hydrogen-bond acceptors (Lipinski definition) is 4. The van der Waals surface area contributed by atoms with E-state index in [2.05, 4.69) is 0 Å². The third-order valence-electron chi connectivity index (χ3n) is 4.82. The molecule has 0 aromatic heterocycles. The molecule has 1 fully saturated rings. The van der Waals surface area contributed by atoms with Crippen molar-refractivity contribution in [2.24, 2.45) is 5.92 Å². The summed E-state index contributed by atoms with van der Waals surface area (Å²) in [7, 11) is 0. The molecule has 140 valence electrons. The average molecular weight is 368 g/mol. The third-order valence-corrected chi connectivity index (χ3v) is 4.82. The van der Waals surface area contributed by atoms with Gasteiger partial charge in [0, 0.05) is 19.0 Å². The van der Waals surface area contributed by atoms with Gasteiger partial charge in [-0.2, -0.15) is 5.26 Å². The number of piperidine rings is 1. The van der Waals surface area contributed by atoms with Gasteiger partial charge in [0.1, 0.15) is 18.5 Å². The molecule has 2 aromatic rings. The number of rotatable bonds is 4. The lowest BCUT2D eigenvalue weighted by Crippen LogP contribution is -2.41. The van der Waals surface area contributed by atoms with Crippen molar-refractivity contribution >= 4 is 6.09 Å². The van der Waals surface area contributed by atoms with Crippen LogP contribution in [0.25, 0.3) is 0 Å². The molecular weight excluding hydrogens is 347 g/mol. The van der Waals surface area contributed by atoms with Crippen molar-refractivity contribution in [3.05, 3.63) is 71.0 Å². The monoisotopic (exact) mass is 368 g/mol. The van der Waals surface area contributed by atoms with Gasteiger partial charge in [-0.15, -0.1) is 0 Å². The Morgan fingerprint density at radius 1 is 1.33 bits per heavy atom. The fraction of sp³-hybridized carbons (Fsp3) is 0.333. The highest BCUT2D eigenvalue weighted by molar-refractivity contribution is 5.67. The highest BCUT2D eigenvalue weighted by atomic mass is 19.1. The smallest absolute Gasteiger partial charge is 0.410 e. The summed E-state index contributed by atoms with van der Waals surface area (Å²) in [5.41, 5.74) is 1.30. The molecule has 0 radical (unpaired) electrons. The first-order valence-corrected chi connectivity index (χ1v) is 8.91. The number of benzene rings is 2. The Bertz CT molecular complexity index is 835. The van der Waals surface area contributed by atoms with Crippen LogP contribution in [0.4, 0.5) is 9.18 Å². The van der Waals surface area contributed by atoms with E-state index < -0.39 is 18.0 Å². The maximum absolute atomic E-state index is 13.5. The summed E-state index contributed by atoms with van der Waals surface area (Å²) in [6.07, 6.45) is 0.201. The zero-order valence-corrected chi connectivity index (χ0v) is 14.8. The SMILES string of the molecule is N#Cc1cc(C(O)C2CCCN(C(=O)OCc3ccccc3)C2)ccc1F. The Kier molecular flexibility index (Phi) is 6.05. The van der Waals surface area contributed by atoms with Crippen LogP contribution in [0.15, 0.2) is 48.5 Å². The highest BCUT2D eigenvalue weighted by Crippen LogP contribution is 2.31. The topological polar surface area (TPSA) is 73.6 Å². The number of aliphatic hydroxyl groups excluding tert-OH is 1. The molecule has 6 heteroatoms. The van der Waals surface area contributed by atoms with Gasteiger partial charge in [-0.3, -0.25) is 0 Å². The van der Waals surface area contributed by atoms with Gasteiger partial charge in [0.05, 0.1) is 11.7 Å². The summed E-state index contributed by atoms with van der Waals surface area (Å²) < 4.78 is 18.9. The minimum absolute atomic E-state index is 0.0958. The van der Waals surface area contributed by atoms with Crippen molar-refractivity contribution in [3.63, 3.8) is 0 Å². The lowest BCUT2D eigenvalue weighted by molar-refractivity contribution is 0.0370. The Hall–Kier alpha value is -2.91. The Morgan fingerprint density at radius 2 is 2.11 bits per heavy atom. The van der Waals surface area contributed by atoms with Gasteiger partial charge < -0.3 is 14.7 Å². The number of aliphatic hydroxyl groups is 1. The van der Waals surface area contributed by atoms with Crippen LogP contribution in [0.5, 0.6) is 0 Å². The van der Waals surface area contributed by atoms with Crippen molar-refractivity contribution in [3.8, 4) is 6.07 Å². The molecule has 0 saturated carbocycles. The number of nitriles is 1. The highest BCUT2D eigenvalue weighted by Gasteiger charge is 2.30. The maximum atomic E-state index is 13.5. The largest absolute Gasteiger partial charge is 0.445 e. The van der Waals surface area contributed by atoms with Crippen molar-refractivity contribution in [1.29, 1.82) is 5.26 Å². The lowest BCUT2D eigenvalue weighted by Gasteiger charge is -2.34. The molecule has 3 rings (SSSR count). The molecule has 5 nitrogen and oxygen atoms in total. The first-order chi connectivity index (χ1) is 13.1. The van der Waals surface area contributed by atoms with E-state index in [1.54, 1.807) is 11.0 Å². The molecule has 1 N–H and O–H groups in total. The van der Waals surface area contributed by atoms with Crippen LogP contribution in [0.3, 0.4) is 0 Å². The first-order valence-electron chi connectivity index (χ1n) is 8.91. The van der Waals surface area contributed by atoms with Crippen molar-refractivity contribution < 1.29 is 19.0 Å². The van der Waals surface area contributed by atoms with Crippen LogP contribution in [0.1, 0.15) is 35.6 Å². The quantitative estimate of drug-likeness (QED) is 0.891. The number of ether oxygens (including phenoxy) is 1. The van der Waals surface area contributed by atoms with Crippen LogP contribution in [-0.4, -0.2) is 29.2 Å². The fourth-order valence-corrected chi connectivity index (χ4v) is 3.33. The number of carbonyl (C=O) groups excluding carboxylic acids is 1. The molecule has 1 amide bonds. The van der Waals surface area contributed by atoms with E-state index in [0.717, 1.165) is 18.4 Å². The van der Waals surface area contributed by atoms with Crippen molar-refractivity contribution in [2.45, 2.75) is 25.6 Å². The van der Waals surface area contributed by atoms with E-state index >= 15 is 0 Å². The Morgan fingerprint density at radius 3 is 2.85 bits per heavy atom. The predicted octanol–water partition coefficient (Wildman–Crippen LogP) is 3.78. The standard InChI is InChI=1S/C21H21FN2O3/c22-19-9-8-16(11-18(19)12-23)20(25)17-7-4-10-24(13-17)21(26)27-14-15-5-2-1-3-6-15/h1-3,5-6,8-9,11,17,20,25H,4,7,10,13-14H2. The van der Waals surface area contributed by atoms with Crippen LogP contribution in [0, 0.1) is 23.1 Å². The molecule has 1 heterocycles. The number of nitrogens with zero attached hydrogens (tertiary/aromatic N) is 2. The number of likely N-dealkylation sites (tertiary alicyclic amines) is 1. The normalized spacial score (nSPS) is 17.8. The number of carbonyl (C=O) groups is 1. The summed E-state index contributed by atoms with van der Waals surface area (Å²) in [5.74, 6) is -0.803. The van der Waals surface area contributed by atoms with E-state index in [9.17, 15) is 14.3 Å². The predicted molar refractivity (Wildman–Crippen MR) is 97.0 cm³/mol. The summed E-state index contributed by atoms with van der Waals surface area (Å²) in [6.45, 7) is 1.13. The van der Waals surface area contributed by atoms with Crippen LogP contribution >= 0.6 is 0 Å². The number of hydrogen-bond donors (Lipinski definition) is 1. The average Bonchev–Trinajstić information content (AvgIpc) is 2.72. The fourth-order valence-electron chi connectivity index (χ4n) is 3.33. The van der Waals surface area contributed by atoms with Gasteiger partial charge in [0.2, 0.25) is 0 Å². The van der Waals surface area contributed by atoms with Gasteiger partial charge in [0.25, 0.3) is 0 Å². The van der Waals surface area contributed by atoms with E-state index in [1.807, 2.05) is 30.3 Å². The zero-order valence-electron chi connectivity index (χ0n) is 14.8. The van der Waals surface area contributed by atoms with Gasteiger partial charge in [-0.1, -0.05) is 36.4 Å². The van der Waals surface area contributed by atoms with Crippen molar-refractivity contribution in [2.75, 3.05) is 13.1 Å². The molecule has 2 unspecified atom stereocenters. The molecule has 0 aliphatic carbocycles. The minimum Gasteiger partial charge on any atom is -0.445 e. The molecule has 0 spiro atoms. The van der Waals surface area contributed by atoms with Gasteiger partial charge in [-0.05, 0) is 36.1 Å². The molecule has 2 aromatic carbocycles. The molecule has 1 aliphatic heterocycles. The second-order valence-corrected chi connectivity index (χ2v) is 6.68. The summed E-state index contributed by atoms with van der Waals surface area (Å²) in [5, 5.41) is 19.6. The van der Waals surface area contributed by atoms with E-state index in [-0.39, 0.29) is 18.1 Å². The van der Waals surface area contributed by atoms with Crippen molar-refractivity contribution in [1.82, 2.24) is 4.90 Å². The molecule has 0 bridgehead atoms. The van der Waals surface area contributed by atoms with Crippen LogP contribution < -0.4 is 0 Å². The molecule has 27 heavy (non-hydrogen) atoms. The second kappa shape index (κ2) is 8.65.